The first kappa shape index (κ1) is 65.1. The molecule has 1 unspecified atom stereocenters. The van der Waals surface area contributed by atoms with Crippen molar-refractivity contribution < 1.29 is 28.6 Å². The van der Waals surface area contributed by atoms with Crippen molar-refractivity contribution in [1.29, 1.82) is 0 Å². The molecule has 0 N–H and O–H groups in total. The maximum absolute atomic E-state index is 12.9. The van der Waals surface area contributed by atoms with Crippen molar-refractivity contribution >= 4 is 17.9 Å². The predicted octanol–water partition coefficient (Wildman–Crippen LogP) is 19.6. The quantitative estimate of drug-likeness (QED) is 0.0199. The molecule has 0 aromatic rings. The monoisotopic (exact) mass is 951 g/mol. The Morgan fingerprint density at radius 3 is 0.912 bits per heavy atom. The van der Waals surface area contributed by atoms with Crippen LogP contribution in [0.15, 0.2) is 60.8 Å². The Labute approximate surface area is 421 Å². The van der Waals surface area contributed by atoms with Crippen LogP contribution in [0, 0.1) is 0 Å². The fourth-order valence-corrected chi connectivity index (χ4v) is 8.39. The highest BCUT2D eigenvalue weighted by Crippen LogP contribution is 2.16. The number of hydrogen-bond donors (Lipinski definition) is 0. The Morgan fingerprint density at radius 2 is 0.544 bits per heavy atom. The zero-order valence-corrected chi connectivity index (χ0v) is 45.1. The van der Waals surface area contributed by atoms with Gasteiger partial charge in [0.15, 0.2) is 6.10 Å². The third-order valence-electron chi connectivity index (χ3n) is 12.8. The van der Waals surface area contributed by atoms with E-state index >= 15 is 0 Å². The molecule has 0 amide bonds. The van der Waals surface area contributed by atoms with Crippen LogP contribution in [0.25, 0.3) is 0 Å². The van der Waals surface area contributed by atoms with Gasteiger partial charge >= 0.3 is 17.9 Å². The average molecular weight is 952 g/mol. The van der Waals surface area contributed by atoms with E-state index in [9.17, 15) is 14.4 Å². The molecule has 0 spiro atoms. The first-order chi connectivity index (χ1) is 33.5. The summed E-state index contributed by atoms with van der Waals surface area (Å²) in [6.07, 6.45) is 70.6. The molecule has 394 valence electrons. The van der Waals surface area contributed by atoms with Crippen molar-refractivity contribution in [3.63, 3.8) is 0 Å². The lowest BCUT2D eigenvalue weighted by atomic mass is 10.0. The zero-order valence-electron chi connectivity index (χ0n) is 45.1. The van der Waals surface area contributed by atoms with E-state index < -0.39 is 6.10 Å². The van der Waals surface area contributed by atoms with Crippen LogP contribution >= 0.6 is 0 Å². The van der Waals surface area contributed by atoms with Crippen LogP contribution < -0.4 is 0 Å². The average Bonchev–Trinajstić information content (AvgIpc) is 3.34. The molecule has 1 atom stereocenters. The molecule has 0 heterocycles. The maximum atomic E-state index is 12.9. The van der Waals surface area contributed by atoms with Gasteiger partial charge in [0.2, 0.25) is 0 Å². The molecule has 0 aromatic heterocycles. The van der Waals surface area contributed by atoms with Gasteiger partial charge in [-0.05, 0) is 70.6 Å². The number of esters is 3. The third-order valence-corrected chi connectivity index (χ3v) is 12.8. The molecular weight excluding hydrogens is 841 g/mol. The van der Waals surface area contributed by atoms with E-state index in [1.807, 2.05) is 0 Å². The molecule has 0 aliphatic heterocycles. The Morgan fingerprint density at radius 1 is 0.294 bits per heavy atom. The number of rotatable bonds is 53. The largest absolute Gasteiger partial charge is 0.462 e. The summed E-state index contributed by atoms with van der Waals surface area (Å²) in [5, 5.41) is 0. The van der Waals surface area contributed by atoms with Gasteiger partial charge in [0.1, 0.15) is 13.2 Å². The number of unbranched alkanes of at least 4 members (excludes halogenated alkanes) is 35. The second-order valence-corrected chi connectivity index (χ2v) is 19.6. The molecule has 0 saturated heterocycles. The predicted molar refractivity (Wildman–Crippen MR) is 293 cm³/mol. The van der Waals surface area contributed by atoms with Crippen LogP contribution in [0.5, 0.6) is 0 Å². The van der Waals surface area contributed by atoms with Crippen LogP contribution in [0.2, 0.25) is 0 Å². The first-order valence-electron chi connectivity index (χ1n) is 29.3. The maximum Gasteiger partial charge on any atom is 0.306 e. The molecule has 0 aliphatic rings. The summed E-state index contributed by atoms with van der Waals surface area (Å²) in [6.45, 7) is 6.60. The number of allylic oxidation sites excluding steroid dienone is 10. The summed E-state index contributed by atoms with van der Waals surface area (Å²) >= 11 is 0. The van der Waals surface area contributed by atoms with Gasteiger partial charge in [-0.25, -0.2) is 0 Å². The molecule has 0 aliphatic carbocycles. The molecule has 6 nitrogen and oxygen atoms in total. The molecular formula is C62H110O6. The second kappa shape index (κ2) is 56.7. The lowest BCUT2D eigenvalue weighted by Crippen LogP contribution is -2.30. The number of carbonyl (C=O) groups is 3. The standard InChI is InChI=1S/C62H110O6/c1-4-7-10-13-16-19-22-25-28-30-32-34-37-40-43-46-49-52-55-61(64)67-58-59(57-66-60(63)54-51-48-45-42-39-36-33-27-24-21-18-15-12-9-6-3)68-62(65)56-53-50-47-44-41-38-35-31-29-26-23-20-17-14-11-8-5-2/h16,19,21-22,24-25,28,30,32,34,59H,4-15,17-18,20,23,26-27,29,31,33,35-58H2,1-3H3/b19-16-,24-21-,25-22-,30-28-,34-32-. The van der Waals surface area contributed by atoms with Gasteiger partial charge in [0.05, 0.1) is 0 Å². The minimum Gasteiger partial charge on any atom is -0.462 e. The first-order valence-corrected chi connectivity index (χ1v) is 29.3. The van der Waals surface area contributed by atoms with E-state index in [1.165, 1.54) is 173 Å². The molecule has 68 heavy (non-hydrogen) atoms. The van der Waals surface area contributed by atoms with Crippen molar-refractivity contribution in [3.05, 3.63) is 60.8 Å². The zero-order chi connectivity index (χ0) is 49.3. The highest BCUT2D eigenvalue weighted by molar-refractivity contribution is 5.71. The summed E-state index contributed by atoms with van der Waals surface area (Å²) in [7, 11) is 0. The smallest absolute Gasteiger partial charge is 0.306 e. The van der Waals surface area contributed by atoms with Crippen LogP contribution in [-0.2, 0) is 28.6 Å². The molecule has 0 bridgehead atoms. The summed E-state index contributed by atoms with van der Waals surface area (Å²) in [5.74, 6) is -0.895. The van der Waals surface area contributed by atoms with Gasteiger partial charge < -0.3 is 14.2 Å². The molecule has 0 fully saturated rings. The van der Waals surface area contributed by atoms with E-state index in [0.29, 0.717) is 19.3 Å². The minimum atomic E-state index is -0.784. The summed E-state index contributed by atoms with van der Waals surface area (Å²) in [6, 6.07) is 0. The van der Waals surface area contributed by atoms with E-state index in [1.54, 1.807) is 0 Å². The van der Waals surface area contributed by atoms with Crippen LogP contribution in [0.1, 0.15) is 297 Å². The highest BCUT2D eigenvalue weighted by atomic mass is 16.6. The minimum absolute atomic E-state index is 0.0818. The van der Waals surface area contributed by atoms with Crippen molar-refractivity contribution in [2.24, 2.45) is 0 Å². The molecule has 0 rings (SSSR count). The fraction of sp³-hybridized carbons (Fsp3) is 0.790. The Balaban J connectivity index is 4.41. The van der Waals surface area contributed by atoms with Gasteiger partial charge in [-0.1, -0.05) is 268 Å². The van der Waals surface area contributed by atoms with E-state index in [2.05, 4.69) is 81.5 Å². The number of hydrogen-bond acceptors (Lipinski definition) is 6. The highest BCUT2D eigenvalue weighted by Gasteiger charge is 2.19. The molecule has 0 radical (unpaired) electrons. The molecule has 0 aromatic carbocycles. The van der Waals surface area contributed by atoms with E-state index in [0.717, 1.165) is 83.5 Å². The van der Waals surface area contributed by atoms with Gasteiger partial charge in [-0.2, -0.15) is 0 Å². The van der Waals surface area contributed by atoms with Crippen LogP contribution in [0.3, 0.4) is 0 Å². The normalized spacial score (nSPS) is 12.5. The Kier molecular flexibility index (Phi) is 54.3. The van der Waals surface area contributed by atoms with E-state index in [-0.39, 0.29) is 31.1 Å². The number of carbonyl (C=O) groups excluding carboxylic acids is 3. The van der Waals surface area contributed by atoms with Crippen molar-refractivity contribution in [2.75, 3.05) is 13.2 Å². The topological polar surface area (TPSA) is 78.9 Å². The lowest BCUT2D eigenvalue weighted by Gasteiger charge is -2.18. The summed E-state index contributed by atoms with van der Waals surface area (Å²) in [5.41, 5.74) is 0. The van der Waals surface area contributed by atoms with E-state index in [4.69, 9.17) is 14.2 Å². The molecule has 6 heteroatoms. The SMILES string of the molecule is CCCCC\C=C/C=C\C=C/C=C\CCCCCCCC(=O)OCC(COC(=O)CCCCCCCCC/C=C\CCCCCC)OC(=O)CCCCCCCCCCCCCCCCCCC. The van der Waals surface area contributed by atoms with Crippen molar-refractivity contribution in [3.8, 4) is 0 Å². The summed E-state index contributed by atoms with van der Waals surface area (Å²) < 4.78 is 16.9. The Bertz CT molecular complexity index is 1230. The van der Waals surface area contributed by atoms with Gasteiger partial charge in [0.25, 0.3) is 0 Å². The third kappa shape index (κ3) is 54.1. The lowest BCUT2D eigenvalue weighted by molar-refractivity contribution is -0.167. The van der Waals surface area contributed by atoms with Gasteiger partial charge in [0, 0.05) is 19.3 Å². The van der Waals surface area contributed by atoms with Crippen molar-refractivity contribution in [2.45, 2.75) is 303 Å². The molecule has 0 saturated carbocycles. The van der Waals surface area contributed by atoms with Crippen molar-refractivity contribution in [1.82, 2.24) is 0 Å². The van der Waals surface area contributed by atoms with Crippen LogP contribution in [-0.4, -0.2) is 37.2 Å². The van der Waals surface area contributed by atoms with Crippen LogP contribution in [0.4, 0.5) is 0 Å². The van der Waals surface area contributed by atoms with Gasteiger partial charge in [-0.15, -0.1) is 0 Å². The second-order valence-electron chi connectivity index (χ2n) is 19.6. The summed E-state index contributed by atoms with van der Waals surface area (Å²) in [4.78, 5) is 38.2. The Hall–Kier alpha value is -2.89. The number of ether oxygens (including phenoxy) is 3. The van der Waals surface area contributed by atoms with Gasteiger partial charge in [-0.3, -0.25) is 14.4 Å². The fourth-order valence-electron chi connectivity index (χ4n) is 8.39.